The third kappa shape index (κ3) is 2.87. The Bertz CT molecular complexity index is 389. The predicted molar refractivity (Wildman–Crippen MR) is 68.4 cm³/mol. The summed E-state index contributed by atoms with van der Waals surface area (Å²) in [5, 5.41) is 3.28. The van der Waals surface area contributed by atoms with Gasteiger partial charge < -0.3 is 5.32 Å². The van der Waals surface area contributed by atoms with E-state index in [2.05, 4.69) is 17.1 Å². The van der Waals surface area contributed by atoms with E-state index in [1.54, 1.807) is 12.1 Å². The molecule has 0 aromatic heterocycles. The van der Waals surface area contributed by atoms with Gasteiger partial charge in [0.25, 0.3) is 0 Å². The summed E-state index contributed by atoms with van der Waals surface area (Å²) in [7, 11) is 0. The van der Waals surface area contributed by atoms with Crippen molar-refractivity contribution in [3.63, 3.8) is 0 Å². The molecule has 1 fully saturated rings. The van der Waals surface area contributed by atoms with E-state index in [9.17, 15) is 8.78 Å². The summed E-state index contributed by atoms with van der Waals surface area (Å²) in [5.41, 5.74) is 0.499. The van der Waals surface area contributed by atoms with E-state index >= 15 is 0 Å². The van der Waals surface area contributed by atoms with Crippen LogP contribution in [0.5, 0.6) is 0 Å². The molecule has 0 bridgehead atoms. The van der Waals surface area contributed by atoms with Crippen LogP contribution >= 0.6 is 0 Å². The van der Waals surface area contributed by atoms with Crippen molar-refractivity contribution >= 4 is 0 Å². The number of piperazine rings is 1. The predicted octanol–water partition coefficient (Wildman–Crippen LogP) is 2.71. The molecule has 2 nitrogen and oxygen atoms in total. The maximum atomic E-state index is 13.9. The summed E-state index contributed by atoms with van der Waals surface area (Å²) in [6, 6.07) is 4.48. The Kier molecular flexibility index (Phi) is 4.66. The number of benzene rings is 1. The zero-order valence-electron chi connectivity index (χ0n) is 10.8. The minimum atomic E-state index is -0.747. The second-order valence-corrected chi connectivity index (χ2v) is 4.73. The largest absolute Gasteiger partial charge is 0.314 e. The molecule has 0 saturated carbocycles. The van der Waals surface area contributed by atoms with Gasteiger partial charge in [-0.05, 0) is 12.5 Å². The van der Waals surface area contributed by atoms with E-state index in [-0.39, 0.29) is 6.04 Å². The molecule has 0 unspecified atom stereocenters. The van der Waals surface area contributed by atoms with Crippen molar-refractivity contribution < 1.29 is 8.78 Å². The van der Waals surface area contributed by atoms with Crippen LogP contribution < -0.4 is 5.32 Å². The number of nitrogens with one attached hydrogen (secondary N) is 1. The van der Waals surface area contributed by atoms with Crippen molar-refractivity contribution in [2.24, 2.45) is 0 Å². The van der Waals surface area contributed by atoms with E-state index in [0.717, 1.165) is 39.0 Å². The van der Waals surface area contributed by atoms with Crippen molar-refractivity contribution in [1.29, 1.82) is 0 Å². The fraction of sp³-hybridized carbons (Fsp3) is 0.571. The quantitative estimate of drug-likeness (QED) is 0.888. The molecule has 1 N–H and O–H groups in total. The molecular weight excluding hydrogens is 234 g/mol. The average Bonchev–Trinajstić information content (AvgIpc) is 2.41. The molecule has 2 rings (SSSR count). The molecule has 1 saturated heterocycles. The van der Waals surface area contributed by atoms with Crippen LogP contribution in [0.25, 0.3) is 0 Å². The molecule has 1 aromatic rings. The van der Waals surface area contributed by atoms with Crippen LogP contribution in [0.1, 0.15) is 31.4 Å². The normalized spacial score (nSPS) is 18.8. The van der Waals surface area contributed by atoms with E-state index in [1.165, 1.54) is 6.07 Å². The third-order valence-electron chi connectivity index (χ3n) is 3.49. The Morgan fingerprint density at radius 1 is 1.28 bits per heavy atom. The second-order valence-electron chi connectivity index (χ2n) is 4.73. The van der Waals surface area contributed by atoms with E-state index in [4.69, 9.17) is 0 Å². The molecule has 0 amide bonds. The standard InChI is InChI=1S/C14H20F2N2/c1-2-4-13(18-9-7-17-8-10-18)11-5-3-6-12(15)14(11)16/h3,5-6,13,17H,2,4,7-10H2,1H3/t13-/m1/s1. The van der Waals surface area contributed by atoms with Gasteiger partial charge in [0.05, 0.1) is 0 Å². The summed E-state index contributed by atoms with van der Waals surface area (Å²) in [6.45, 7) is 5.68. The van der Waals surface area contributed by atoms with Gasteiger partial charge in [0.2, 0.25) is 0 Å². The fourth-order valence-corrected chi connectivity index (χ4v) is 2.58. The number of rotatable bonds is 4. The van der Waals surface area contributed by atoms with Gasteiger partial charge in [0.1, 0.15) is 0 Å². The molecule has 0 radical (unpaired) electrons. The summed E-state index contributed by atoms with van der Waals surface area (Å²) in [5.74, 6) is -1.43. The topological polar surface area (TPSA) is 15.3 Å². The molecule has 1 aliphatic heterocycles. The van der Waals surface area contributed by atoms with Crippen LogP contribution in [0, 0.1) is 11.6 Å². The van der Waals surface area contributed by atoms with Gasteiger partial charge in [-0.15, -0.1) is 0 Å². The Morgan fingerprint density at radius 3 is 2.67 bits per heavy atom. The number of hydrogen-bond acceptors (Lipinski definition) is 2. The first-order valence-electron chi connectivity index (χ1n) is 6.62. The van der Waals surface area contributed by atoms with Crippen molar-refractivity contribution in [3.05, 3.63) is 35.4 Å². The lowest BCUT2D eigenvalue weighted by molar-refractivity contribution is 0.160. The summed E-state index contributed by atoms with van der Waals surface area (Å²) in [6.07, 6.45) is 1.82. The molecule has 18 heavy (non-hydrogen) atoms. The smallest absolute Gasteiger partial charge is 0.163 e. The molecule has 1 aliphatic rings. The molecule has 1 aromatic carbocycles. The molecule has 0 spiro atoms. The van der Waals surface area contributed by atoms with Crippen LogP contribution in [0.4, 0.5) is 8.78 Å². The second kappa shape index (κ2) is 6.25. The highest BCUT2D eigenvalue weighted by Gasteiger charge is 2.24. The van der Waals surface area contributed by atoms with Gasteiger partial charge >= 0.3 is 0 Å². The first kappa shape index (κ1) is 13.4. The van der Waals surface area contributed by atoms with Crippen molar-refractivity contribution in [2.75, 3.05) is 26.2 Å². The van der Waals surface area contributed by atoms with Crippen LogP contribution in [-0.4, -0.2) is 31.1 Å². The van der Waals surface area contributed by atoms with Crippen LogP contribution in [0.3, 0.4) is 0 Å². The van der Waals surface area contributed by atoms with Gasteiger partial charge in [-0.25, -0.2) is 8.78 Å². The number of hydrogen-bond donors (Lipinski definition) is 1. The lowest BCUT2D eigenvalue weighted by Gasteiger charge is -2.35. The van der Waals surface area contributed by atoms with Crippen molar-refractivity contribution in [1.82, 2.24) is 10.2 Å². The Hall–Kier alpha value is -1.00. The summed E-state index contributed by atoms with van der Waals surface area (Å²) < 4.78 is 27.3. The first-order chi connectivity index (χ1) is 8.74. The van der Waals surface area contributed by atoms with Gasteiger partial charge in [0.15, 0.2) is 11.6 Å². The Labute approximate surface area is 107 Å². The highest BCUT2D eigenvalue weighted by Crippen LogP contribution is 2.29. The van der Waals surface area contributed by atoms with Gasteiger partial charge in [-0.3, -0.25) is 4.90 Å². The Morgan fingerprint density at radius 2 is 2.00 bits per heavy atom. The van der Waals surface area contributed by atoms with Gasteiger partial charge in [0, 0.05) is 37.8 Å². The van der Waals surface area contributed by atoms with Crippen LogP contribution in [0.2, 0.25) is 0 Å². The lowest BCUT2D eigenvalue weighted by Crippen LogP contribution is -2.45. The minimum Gasteiger partial charge on any atom is -0.314 e. The lowest BCUT2D eigenvalue weighted by atomic mass is 9.99. The highest BCUT2D eigenvalue weighted by molar-refractivity contribution is 5.23. The fourth-order valence-electron chi connectivity index (χ4n) is 2.58. The van der Waals surface area contributed by atoms with Crippen LogP contribution in [-0.2, 0) is 0 Å². The maximum Gasteiger partial charge on any atom is 0.163 e. The monoisotopic (exact) mass is 254 g/mol. The molecule has 1 atom stereocenters. The van der Waals surface area contributed by atoms with Crippen molar-refractivity contribution in [3.8, 4) is 0 Å². The summed E-state index contributed by atoms with van der Waals surface area (Å²) in [4.78, 5) is 2.25. The van der Waals surface area contributed by atoms with E-state index in [0.29, 0.717) is 5.56 Å². The maximum absolute atomic E-state index is 13.9. The Balaban J connectivity index is 2.25. The third-order valence-corrected chi connectivity index (χ3v) is 3.49. The zero-order chi connectivity index (χ0) is 13.0. The van der Waals surface area contributed by atoms with Gasteiger partial charge in [-0.1, -0.05) is 25.5 Å². The number of nitrogens with zero attached hydrogens (tertiary/aromatic N) is 1. The number of halogens is 2. The SMILES string of the molecule is CCC[C@H](c1cccc(F)c1F)N1CCNCC1. The highest BCUT2D eigenvalue weighted by atomic mass is 19.2. The van der Waals surface area contributed by atoms with E-state index in [1.807, 2.05) is 0 Å². The molecule has 0 aliphatic carbocycles. The molecule has 100 valence electrons. The molecule has 1 heterocycles. The zero-order valence-corrected chi connectivity index (χ0v) is 10.8. The van der Waals surface area contributed by atoms with Crippen molar-refractivity contribution in [2.45, 2.75) is 25.8 Å². The molecule has 4 heteroatoms. The molecular formula is C14H20F2N2. The average molecular weight is 254 g/mol. The first-order valence-corrected chi connectivity index (χ1v) is 6.62. The van der Waals surface area contributed by atoms with E-state index < -0.39 is 11.6 Å². The minimum absolute atomic E-state index is 0.00667. The van der Waals surface area contributed by atoms with Gasteiger partial charge in [-0.2, -0.15) is 0 Å². The van der Waals surface area contributed by atoms with Crippen LogP contribution in [0.15, 0.2) is 18.2 Å². The summed E-state index contributed by atoms with van der Waals surface area (Å²) >= 11 is 0.